The topological polar surface area (TPSA) is 30.7 Å². The fraction of sp³-hybridized carbons (Fsp3) is 0.222. The van der Waals surface area contributed by atoms with Gasteiger partial charge in [-0.15, -0.1) is 10.2 Å². The van der Waals surface area contributed by atoms with Gasteiger partial charge in [0.05, 0.1) is 10.6 Å². The van der Waals surface area contributed by atoms with Crippen LogP contribution in [0.3, 0.4) is 0 Å². The molecule has 25 heavy (non-hydrogen) atoms. The first-order valence-electron chi connectivity index (χ1n) is 7.83. The Morgan fingerprint density at radius 1 is 0.880 bits per heavy atom. The second-order valence-corrected chi connectivity index (χ2v) is 6.38. The van der Waals surface area contributed by atoms with Crippen LogP contribution in [0.4, 0.5) is 13.2 Å². The first-order valence-corrected chi connectivity index (χ1v) is 8.21. The van der Waals surface area contributed by atoms with Crippen molar-refractivity contribution < 1.29 is 13.2 Å². The van der Waals surface area contributed by atoms with Crippen LogP contribution in [0.5, 0.6) is 0 Å². The van der Waals surface area contributed by atoms with E-state index in [9.17, 15) is 13.2 Å². The monoisotopic (exact) mass is 363 g/mol. The molecule has 0 spiro atoms. The van der Waals surface area contributed by atoms with Gasteiger partial charge >= 0.3 is 6.18 Å². The zero-order valence-corrected chi connectivity index (χ0v) is 13.7. The molecule has 3 aromatic rings. The van der Waals surface area contributed by atoms with Crippen LogP contribution in [0.1, 0.15) is 24.4 Å². The number of nitrogens with zero attached hydrogens (tertiary/aromatic N) is 3. The third kappa shape index (κ3) is 2.91. The molecule has 0 atom stereocenters. The number of halogens is 4. The Kier molecular flexibility index (Phi) is 3.80. The Balaban J connectivity index is 1.93. The van der Waals surface area contributed by atoms with Crippen molar-refractivity contribution in [1.29, 1.82) is 0 Å². The molecule has 0 N–H and O–H groups in total. The van der Waals surface area contributed by atoms with E-state index >= 15 is 0 Å². The molecule has 2 aromatic carbocycles. The lowest BCUT2D eigenvalue weighted by atomic mass is 10.1. The number of hydrogen-bond acceptors (Lipinski definition) is 2. The van der Waals surface area contributed by atoms with E-state index in [1.165, 1.54) is 12.1 Å². The van der Waals surface area contributed by atoms with Gasteiger partial charge in [-0.1, -0.05) is 41.9 Å². The zero-order chi connectivity index (χ0) is 17.6. The van der Waals surface area contributed by atoms with Gasteiger partial charge in [-0.3, -0.25) is 0 Å². The Morgan fingerprint density at radius 2 is 1.44 bits per heavy atom. The quantitative estimate of drug-likeness (QED) is 0.604. The van der Waals surface area contributed by atoms with E-state index in [0.29, 0.717) is 16.4 Å². The lowest BCUT2D eigenvalue weighted by molar-refractivity contribution is -0.137. The van der Waals surface area contributed by atoms with E-state index in [4.69, 9.17) is 11.6 Å². The molecular formula is C18H13ClF3N3. The molecule has 0 unspecified atom stereocenters. The summed E-state index contributed by atoms with van der Waals surface area (Å²) in [5.74, 6) is 0.727. The maximum atomic E-state index is 13.4. The van der Waals surface area contributed by atoms with Gasteiger partial charge in [0.2, 0.25) is 0 Å². The summed E-state index contributed by atoms with van der Waals surface area (Å²) in [6.45, 7) is 0. The molecule has 7 heteroatoms. The van der Waals surface area contributed by atoms with Crippen LogP contribution in [0, 0.1) is 0 Å². The molecular weight excluding hydrogens is 351 g/mol. The summed E-state index contributed by atoms with van der Waals surface area (Å²) in [5, 5.41) is 8.76. The normalized spacial score (nSPS) is 14.7. The van der Waals surface area contributed by atoms with Crippen LogP contribution in [0.15, 0.2) is 48.5 Å². The highest BCUT2D eigenvalue weighted by Crippen LogP contribution is 2.44. The Labute approximate surface area is 147 Å². The molecule has 1 aliphatic carbocycles. The molecule has 0 amide bonds. The average molecular weight is 364 g/mol. The largest absolute Gasteiger partial charge is 0.417 e. The van der Waals surface area contributed by atoms with Crippen molar-refractivity contribution in [2.75, 3.05) is 0 Å². The maximum Gasteiger partial charge on any atom is 0.417 e. The van der Waals surface area contributed by atoms with Gasteiger partial charge < -0.3 is 4.57 Å². The minimum atomic E-state index is -4.46. The van der Waals surface area contributed by atoms with Crippen molar-refractivity contribution in [1.82, 2.24) is 14.8 Å². The Morgan fingerprint density at radius 3 is 2.04 bits per heavy atom. The highest BCUT2D eigenvalue weighted by molar-refractivity contribution is 6.33. The van der Waals surface area contributed by atoms with Crippen molar-refractivity contribution in [3.8, 4) is 22.8 Å². The first kappa shape index (κ1) is 16.1. The maximum absolute atomic E-state index is 13.4. The van der Waals surface area contributed by atoms with Gasteiger partial charge in [-0.25, -0.2) is 0 Å². The molecule has 1 aromatic heterocycles. The fourth-order valence-corrected chi connectivity index (χ4v) is 3.13. The average Bonchev–Trinajstić information content (AvgIpc) is 3.33. The summed E-state index contributed by atoms with van der Waals surface area (Å²) < 4.78 is 42.0. The van der Waals surface area contributed by atoms with Crippen LogP contribution >= 0.6 is 11.6 Å². The molecule has 1 fully saturated rings. The molecule has 1 heterocycles. The smallest absolute Gasteiger partial charge is 0.304 e. The fourth-order valence-electron chi connectivity index (χ4n) is 2.91. The predicted octanol–water partition coefficient (Wildman–Crippen LogP) is 5.62. The second kappa shape index (κ2) is 5.88. The number of hydrogen-bond donors (Lipinski definition) is 0. The second-order valence-electron chi connectivity index (χ2n) is 5.97. The lowest BCUT2D eigenvalue weighted by Crippen LogP contribution is -2.09. The molecule has 0 radical (unpaired) electrons. The number of rotatable bonds is 3. The summed E-state index contributed by atoms with van der Waals surface area (Å²) in [4.78, 5) is 0. The molecule has 1 aliphatic rings. The SMILES string of the molecule is FC(F)(F)c1ccccc1-c1nnc(-c2ccccc2Cl)n1C1CC1. The van der Waals surface area contributed by atoms with Crippen LogP contribution in [0.2, 0.25) is 5.02 Å². The first-order chi connectivity index (χ1) is 12.0. The highest BCUT2D eigenvalue weighted by atomic mass is 35.5. The number of alkyl halides is 3. The minimum Gasteiger partial charge on any atom is -0.304 e. The van der Waals surface area contributed by atoms with Crippen LogP contribution in [0.25, 0.3) is 22.8 Å². The van der Waals surface area contributed by atoms with E-state index < -0.39 is 11.7 Å². The number of benzene rings is 2. The van der Waals surface area contributed by atoms with Gasteiger partial charge in [0, 0.05) is 17.2 Å². The Hall–Kier alpha value is -2.34. The summed E-state index contributed by atoms with van der Waals surface area (Å²) in [5.41, 5.74) is -0.0120. The van der Waals surface area contributed by atoms with Crippen molar-refractivity contribution in [3.05, 3.63) is 59.1 Å². The Bertz CT molecular complexity index is 929. The van der Waals surface area contributed by atoms with Crippen LogP contribution < -0.4 is 0 Å². The molecule has 128 valence electrons. The van der Waals surface area contributed by atoms with E-state index in [2.05, 4.69) is 10.2 Å². The summed E-state index contributed by atoms with van der Waals surface area (Å²) in [6.07, 6.45) is -2.69. The van der Waals surface area contributed by atoms with Gasteiger partial charge in [-0.05, 0) is 31.0 Å². The van der Waals surface area contributed by atoms with Crippen molar-refractivity contribution in [3.63, 3.8) is 0 Å². The molecule has 3 nitrogen and oxygen atoms in total. The third-order valence-corrected chi connectivity index (χ3v) is 4.53. The zero-order valence-electron chi connectivity index (χ0n) is 13.0. The van der Waals surface area contributed by atoms with Crippen LogP contribution in [-0.4, -0.2) is 14.8 Å². The van der Waals surface area contributed by atoms with E-state index in [0.717, 1.165) is 18.9 Å². The minimum absolute atomic E-state index is 0.0349. The molecule has 4 rings (SSSR count). The van der Waals surface area contributed by atoms with Crippen molar-refractivity contribution in [2.45, 2.75) is 25.1 Å². The third-order valence-electron chi connectivity index (χ3n) is 4.20. The van der Waals surface area contributed by atoms with Crippen molar-refractivity contribution >= 4 is 11.6 Å². The standard InChI is InChI=1S/C18H13ClF3N3/c19-15-8-4-2-6-13(15)17-24-23-16(25(17)11-9-10-11)12-5-1-3-7-14(12)18(20,21)22/h1-8,11H,9-10H2. The molecule has 1 saturated carbocycles. The highest BCUT2D eigenvalue weighted by Gasteiger charge is 2.37. The summed E-state index contributed by atoms with van der Waals surface area (Å²) >= 11 is 6.25. The molecule has 0 bridgehead atoms. The molecule has 0 saturated heterocycles. The summed E-state index contributed by atoms with van der Waals surface area (Å²) in [6, 6.07) is 12.7. The van der Waals surface area contributed by atoms with E-state index in [-0.39, 0.29) is 17.4 Å². The van der Waals surface area contributed by atoms with Crippen LogP contribution in [-0.2, 0) is 6.18 Å². The van der Waals surface area contributed by atoms with Gasteiger partial charge in [-0.2, -0.15) is 13.2 Å². The van der Waals surface area contributed by atoms with E-state index in [1.54, 1.807) is 28.8 Å². The van der Waals surface area contributed by atoms with Gasteiger partial charge in [0.15, 0.2) is 11.6 Å². The predicted molar refractivity (Wildman–Crippen MR) is 89.2 cm³/mol. The summed E-state index contributed by atoms with van der Waals surface area (Å²) in [7, 11) is 0. The lowest BCUT2D eigenvalue weighted by Gasteiger charge is -2.14. The van der Waals surface area contributed by atoms with E-state index in [1.807, 2.05) is 6.07 Å². The van der Waals surface area contributed by atoms with Gasteiger partial charge in [0.25, 0.3) is 0 Å². The number of aromatic nitrogens is 3. The van der Waals surface area contributed by atoms with Crippen molar-refractivity contribution in [2.24, 2.45) is 0 Å². The molecule has 0 aliphatic heterocycles. The van der Waals surface area contributed by atoms with Gasteiger partial charge in [0.1, 0.15) is 0 Å².